The summed E-state index contributed by atoms with van der Waals surface area (Å²) in [6.45, 7) is 5.75. The van der Waals surface area contributed by atoms with Crippen LogP contribution in [0.1, 0.15) is 19.3 Å². The molecule has 0 spiro atoms. The molecule has 1 aliphatic rings. The first-order chi connectivity index (χ1) is 6.09. The smallest absolute Gasteiger partial charge is 0.102 e. The molecule has 0 bridgehead atoms. The second kappa shape index (κ2) is 4.63. The second-order valence-corrected chi connectivity index (χ2v) is 4.08. The molecule has 0 aromatic rings. The Labute approximate surface area is 80.2 Å². The SMILES string of the molecule is C=C(O)C(N)CC1CCN(C)CC1. The lowest BCUT2D eigenvalue weighted by Gasteiger charge is -2.30. The van der Waals surface area contributed by atoms with Crippen LogP contribution in [0.25, 0.3) is 0 Å². The summed E-state index contributed by atoms with van der Waals surface area (Å²) in [4.78, 5) is 2.33. The maximum atomic E-state index is 9.07. The van der Waals surface area contributed by atoms with Gasteiger partial charge >= 0.3 is 0 Å². The molecule has 0 aromatic heterocycles. The van der Waals surface area contributed by atoms with E-state index in [-0.39, 0.29) is 11.8 Å². The van der Waals surface area contributed by atoms with Crippen molar-refractivity contribution >= 4 is 0 Å². The Hall–Kier alpha value is -0.540. The molecule has 0 aromatic carbocycles. The van der Waals surface area contributed by atoms with Crippen molar-refractivity contribution in [3.05, 3.63) is 12.3 Å². The van der Waals surface area contributed by atoms with Gasteiger partial charge in [0, 0.05) is 0 Å². The molecular formula is C10H20N2O. The number of aliphatic hydroxyl groups is 1. The number of hydrogen-bond donors (Lipinski definition) is 2. The Morgan fingerprint density at radius 3 is 2.62 bits per heavy atom. The number of piperidine rings is 1. The van der Waals surface area contributed by atoms with Gasteiger partial charge in [-0.05, 0) is 45.3 Å². The highest BCUT2D eigenvalue weighted by Gasteiger charge is 2.19. The zero-order valence-electron chi connectivity index (χ0n) is 8.37. The van der Waals surface area contributed by atoms with Crippen LogP contribution in [-0.4, -0.2) is 36.2 Å². The predicted molar refractivity (Wildman–Crippen MR) is 54.6 cm³/mol. The van der Waals surface area contributed by atoms with E-state index in [1.165, 1.54) is 12.8 Å². The molecule has 0 saturated carbocycles. The predicted octanol–water partition coefficient (Wildman–Crippen LogP) is 1.12. The summed E-state index contributed by atoms with van der Waals surface area (Å²) in [5.41, 5.74) is 5.72. The minimum atomic E-state index is -0.228. The van der Waals surface area contributed by atoms with Crippen molar-refractivity contribution < 1.29 is 5.11 Å². The van der Waals surface area contributed by atoms with Crippen LogP contribution in [0, 0.1) is 5.92 Å². The van der Waals surface area contributed by atoms with Crippen molar-refractivity contribution in [2.45, 2.75) is 25.3 Å². The van der Waals surface area contributed by atoms with Crippen molar-refractivity contribution in [2.75, 3.05) is 20.1 Å². The minimum absolute atomic E-state index is 0.124. The minimum Gasteiger partial charge on any atom is -0.511 e. The Morgan fingerprint density at radius 1 is 1.62 bits per heavy atom. The third-order valence-corrected chi connectivity index (χ3v) is 2.85. The van der Waals surface area contributed by atoms with E-state index in [9.17, 15) is 0 Å². The van der Waals surface area contributed by atoms with Gasteiger partial charge in [-0.15, -0.1) is 0 Å². The summed E-state index contributed by atoms with van der Waals surface area (Å²) in [7, 11) is 2.14. The van der Waals surface area contributed by atoms with Crippen molar-refractivity contribution in [1.29, 1.82) is 0 Å². The standard InChI is InChI=1S/C10H20N2O/c1-8(13)10(11)7-9-3-5-12(2)6-4-9/h9-10,13H,1,3-7,11H2,2H3. The van der Waals surface area contributed by atoms with E-state index >= 15 is 0 Å². The van der Waals surface area contributed by atoms with Crippen LogP contribution in [0.4, 0.5) is 0 Å². The summed E-state index contributed by atoms with van der Waals surface area (Å²) in [5, 5.41) is 9.07. The van der Waals surface area contributed by atoms with Gasteiger partial charge in [0.1, 0.15) is 5.76 Å². The fraction of sp³-hybridized carbons (Fsp3) is 0.800. The average Bonchev–Trinajstić information content (AvgIpc) is 2.08. The lowest BCUT2D eigenvalue weighted by molar-refractivity contribution is 0.202. The molecule has 76 valence electrons. The fourth-order valence-electron chi connectivity index (χ4n) is 1.79. The third kappa shape index (κ3) is 3.36. The van der Waals surface area contributed by atoms with E-state index in [0.29, 0.717) is 5.92 Å². The van der Waals surface area contributed by atoms with E-state index in [1.54, 1.807) is 0 Å². The third-order valence-electron chi connectivity index (χ3n) is 2.85. The molecular weight excluding hydrogens is 164 g/mol. The molecule has 1 heterocycles. The molecule has 1 fully saturated rings. The van der Waals surface area contributed by atoms with Crippen LogP contribution >= 0.6 is 0 Å². The number of nitrogens with two attached hydrogens (primary N) is 1. The molecule has 0 amide bonds. The van der Waals surface area contributed by atoms with Crippen LogP contribution in [0.5, 0.6) is 0 Å². The normalized spacial score (nSPS) is 22.9. The molecule has 3 nitrogen and oxygen atoms in total. The first kappa shape index (κ1) is 10.5. The molecule has 1 unspecified atom stereocenters. The average molecular weight is 184 g/mol. The van der Waals surface area contributed by atoms with Gasteiger partial charge in [-0.3, -0.25) is 0 Å². The second-order valence-electron chi connectivity index (χ2n) is 4.08. The zero-order chi connectivity index (χ0) is 9.84. The van der Waals surface area contributed by atoms with E-state index in [4.69, 9.17) is 10.8 Å². The lowest BCUT2D eigenvalue weighted by Crippen LogP contribution is -2.34. The summed E-state index contributed by atoms with van der Waals surface area (Å²) in [5.74, 6) is 0.786. The molecule has 13 heavy (non-hydrogen) atoms. The molecule has 0 radical (unpaired) electrons. The first-order valence-corrected chi connectivity index (χ1v) is 4.91. The van der Waals surface area contributed by atoms with Gasteiger partial charge in [-0.2, -0.15) is 0 Å². The highest BCUT2D eigenvalue weighted by molar-refractivity contribution is 4.93. The highest BCUT2D eigenvalue weighted by atomic mass is 16.3. The summed E-state index contributed by atoms with van der Waals surface area (Å²) >= 11 is 0. The Balaban J connectivity index is 2.26. The largest absolute Gasteiger partial charge is 0.511 e. The van der Waals surface area contributed by atoms with Gasteiger partial charge in [0.15, 0.2) is 0 Å². The van der Waals surface area contributed by atoms with Gasteiger partial charge < -0.3 is 15.7 Å². The highest BCUT2D eigenvalue weighted by Crippen LogP contribution is 2.21. The summed E-state index contributed by atoms with van der Waals surface area (Å²) in [6.07, 6.45) is 3.26. The first-order valence-electron chi connectivity index (χ1n) is 4.91. The van der Waals surface area contributed by atoms with E-state index in [1.807, 2.05) is 0 Å². The van der Waals surface area contributed by atoms with Crippen LogP contribution in [0.3, 0.4) is 0 Å². The van der Waals surface area contributed by atoms with E-state index in [0.717, 1.165) is 19.5 Å². The van der Waals surface area contributed by atoms with E-state index in [2.05, 4.69) is 18.5 Å². The van der Waals surface area contributed by atoms with Crippen LogP contribution in [0.2, 0.25) is 0 Å². The zero-order valence-corrected chi connectivity index (χ0v) is 8.37. The Morgan fingerprint density at radius 2 is 2.15 bits per heavy atom. The molecule has 0 aliphatic carbocycles. The molecule has 1 rings (SSSR count). The van der Waals surface area contributed by atoms with Crippen LogP contribution in [-0.2, 0) is 0 Å². The number of hydrogen-bond acceptors (Lipinski definition) is 3. The van der Waals surface area contributed by atoms with Crippen LogP contribution in [0.15, 0.2) is 12.3 Å². The quantitative estimate of drug-likeness (QED) is 0.646. The van der Waals surface area contributed by atoms with E-state index < -0.39 is 0 Å². The molecule has 1 atom stereocenters. The maximum Gasteiger partial charge on any atom is 0.102 e. The van der Waals surface area contributed by atoms with Gasteiger partial charge in [0.05, 0.1) is 6.04 Å². The van der Waals surface area contributed by atoms with Gasteiger partial charge in [-0.25, -0.2) is 0 Å². The number of nitrogens with zero attached hydrogens (tertiary/aromatic N) is 1. The summed E-state index contributed by atoms with van der Waals surface area (Å²) < 4.78 is 0. The van der Waals surface area contributed by atoms with Gasteiger partial charge in [0.2, 0.25) is 0 Å². The maximum absolute atomic E-state index is 9.07. The molecule has 1 saturated heterocycles. The number of rotatable bonds is 3. The topological polar surface area (TPSA) is 49.5 Å². The van der Waals surface area contributed by atoms with Gasteiger partial charge in [-0.1, -0.05) is 6.58 Å². The molecule has 3 N–H and O–H groups in total. The number of likely N-dealkylation sites (tertiary alicyclic amines) is 1. The van der Waals surface area contributed by atoms with Crippen LogP contribution < -0.4 is 5.73 Å². The molecule has 3 heteroatoms. The van der Waals surface area contributed by atoms with Crippen molar-refractivity contribution in [2.24, 2.45) is 11.7 Å². The monoisotopic (exact) mass is 184 g/mol. The Bertz CT molecular complexity index is 174. The fourth-order valence-corrected chi connectivity index (χ4v) is 1.79. The van der Waals surface area contributed by atoms with Crippen molar-refractivity contribution in [3.63, 3.8) is 0 Å². The molecule has 1 aliphatic heterocycles. The lowest BCUT2D eigenvalue weighted by atomic mass is 9.90. The Kier molecular flexibility index (Phi) is 3.75. The number of aliphatic hydroxyl groups excluding tert-OH is 1. The van der Waals surface area contributed by atoms with Crippen molar-refractivity contribution in [3.8, 4) is 0 Å². The van der Waals surface area contributed by atoms with Crippen molar-refractivity contribution in [1.82, 2.24) is 4.90 Å². The summed E-state index contributed by atoms with van der Waals surface area (Å²) in [6, 6.07) is -0.228. The van der Waals surface area contributed by atoms with Gasteiger partial charge in [0.25, 0.3) is 0 Å².